The van der Waals surface area contributed by atoms with Gasteiger partial charge < -0.3 is 15.0 Å². The standard InChI is InChI=1S/C9H14N2O2/c1-7-9(13-2)8(12)3-5-11(7)6-4-10/h3,5H,4,6,10H2,1-2H3. The molecule has 2 N–H and O–H groups in total. The predicted molar refractivity (Wildman–Crippen MR) is 51.0 cm³/mol. The molecule has 0 aliphatic carbocycles. The van der Waals surface area contributed by atoms with Crippen molar-refractivity contribution in [3.8, 4) is 5.75 Å². The first-order valence-corrected chi connectivity index (χ1v) is 4.14. The summed E-state index contributed by atoms with van der Waals surface area (Å²) in [5, 5.41) is 0. The van der Waals surface area contributed by atoms with Gasteiger partial charge in [0.25, 0.3) is 0 Å². The zero-order valence-electron chi connectivity index (χ0n) is 7.91. The van der Waals surface area contributed by atoms with E-state index in [9.17, 15) is 4.79 Å². The number of hydrogen-bond donors (Lipinski definition) is 1. The Kier molecular flexibility index (Phi) is 3.08. The van der Waals surface area contributed by atoms with Crippen LogP contribution in [-0.2, 0) is 6.54 Å². The Morgan fingerprint density at radius 3 is 2.85 bits per heavy atom. The van der Waals surface area contributed by atoms with Gasteiger partial charge in [-0.3, -0.25) is 4.79 Å². The Hall–Kier alpha value is -1.29. The number of rotatable bonds is 3. The molecule has 0 aliphatic heterocycles. The molecular weight excluding hydrogens is 168 g/mol. The maximum atomic E-state index is 11.3. The smallest absolute Gasteiger partial charge is 0.223 e. The predicted octanol–water partition coefficient (Wildman–Crippen LogP) is 0.124. The van der Waals surface area contributed by atoms with Crippen molar-refractivity contribution < 1.29 is 4.74 Å². The first kappa shape index (κ1) is 9.80. The van der Waals surface area contributed by atoms with Gasteiger partial charge in [0.2, 0.25) is 5.43 Å². The van der Waals surface area contributed by atoms with Crippen molar-refractivity contribution in [2.75, 3.05) is 13.7 Å². The number of nitrogens with zero attached hydrogens (tertiary/aromatic N) is 1. The number of aromatic nitrogens is 1. The van der Waals surface area contributed by atoms with Crippen LogP contribution < -0.4 is 15.9 Å². The minimum atomic E-state index is -0.0896. The van der Waals surface area contributed by atoms with E-state index in [1.807, 2.05) is 11.5 Å². The van der Waals surface area contributed by atoms with Crippen molar-refractivity contribution in [1.82, 2.24) is 4.57 Å². The van der Waals surface area contributed by atoms with Crippen molar-refractivity contribution >= 4 is 0 Å². The summed E-state index contributed by atoms with van der Waals surface area (Å²) in [4.78, 5) is 11.3. The van der Waals surface area contributed by atoms with Crippen LogP contribution in [0, 0.1) is 6.92 Å². The first-order chi connectivity index (χ1) is 6.20. The Labute approximate surface area is 76.9 Å². The zero-order chi connectivity index (χ0) is 9.84. The third-order valence-corrected chi connectivity index (χ3v) is 1.96. The molecule has 4 heteroatoms. The molecule has 1 heterocycles. The van der Waals surface area contributed by atoms with Crippen molar-refractivity contribution in [2.45, 2.75) is 13.5 Å². The molecule has 0 fully saturated rings. The number of pyridine rings is 1. The van der Waals surface area contributed by atoms with Gasteiger partial charge in [-0.15, -0.1) is 0 Å². The molecule has 0 bridgehead atoms. The summed E-state index contributed by atoms with van der Waals surface area (Å²) >= 11 is 0. The van der Waals surface area contributed by atoms with E-state index in [2.05, 4.69) is 0 Å². The summed E-state index contributed by atoms with van der Waals surface area (Å²) in [5.74, 6) is 0.399. The lowest BCUT2D eigenvalue weighted by atomic mass is 10.3. The number of methoxy groups -OCH3 is 1. The van der Waals surface area contributed by atoms with Crippen LogP contribution in [0.4, 0.5) is 0 Å². The molecular formula is C9H14N2O2. The molecule has 0 radical (unpaired) electrons. The van der Waals surface area contributed by atoms with E-state index in [1.54, 1.807) is 6.20 Å². The third-order valence-electron chi connectivity index (χ3n) is 1.96. The Bertz CT molecular complexity index is 344. The second kappa shape index (κ2) is 4.09. The molecule has 0 spiro atoms. The summed E-state index contributed by atoms with van der Waals surface area (Å²) in [6, 6.07) is 1.49. The lowest BCUT2D eigenvalue weighted by Gasteiger charge is -2.11. The highest BCUT2D eigenvalue weighted by Crippen LogP contribution is 2.09. The van der Waals surface area contributed by atoms with Gasteiger partial charge in [-0.2, -0.15) is 0 Å². The topological polar surface area (TPSA) is 57.2 Å². The van der Waals surface area contributed by atoms with Gasteiger partial charge >= 0.3 is 0 Å². The summed E-state index contributed by atoms with van der Waals surface area (Å²) in [5.41, 5.74) is 6.15. The highest BCUT2D eigenvalue weighted by Gasteiger charge is 2.05. The Morgan fingerprint density at radius 2 is 2.31 bits per heavy atom. The minimum absolute atomic E-state index is 0.0896. The summed E-state index contributed by atoms with van der Waals surface area (Å²) in [6.07, 6.45) is 1.73. The van der Waals surface area contributed by atoms with Crippen molar-refractivity contribution in [2.24, 2.45) is 5.73 Å². The van der Waals surface area contributed by atoms with Crippen LogP contribution in [0.2, 0.25) is 0 Å². The first-order valence-electron chi connectivity index (χ1n) is 4.14. The van der Waals surface area contributed by atoms with Gasteiger partial charge in [0.15, 0.2) is 5.75 Å². The largest absolute Gasteiger partial charge is 0.491 e. The molecule has 1 aromatic rings. The summed E-state index contributed by atoms with van der Waals surface area (Å²) in [7, 11) is 1.50. The zero-order valence-corrected chi connectivity index (χ0v) is 7.91. The van der Waals surface area contributed by atoms with Crippen LogP contribution in [0.15, 0.2) is 17.1 Å². The van der Waals surface area contributed by atoms with E-state index in [0.29, 0.717) is 18.8 Å². The normalized spacial score (nSPS) is 10.1. The molecule has 0 atom stereocenters. The fraction of sp³-hybridized carbons (Fsp3) is 0.444. The van der Waals surface area contributed by atoms with E-state index >= 15 is 0 Å². The average Bonchev–Trinajstić information content (AvgIpc) is 2.11. The van der Waals surface area contributed by atoms with E-state index in [-0.39, 0.29) is 5.43 Å². The molecule has 0 unspecified atom stereocenters. The molecule has 0 aliphatic rings. The van der Waals surface area contributed by atoms with Gasteiger partial charge in [-0.05, 0) is 6.92 Å². The molecule has 1 aromatic heterocycles. The van der Waals surface area contributed by atoms with Crippen molar-refractivity contribution in [3.63, 3.8) is 0 Å². The fourth-order valence-corrected chi connectivity index (χ4v) is 1.28. The highest BCUT2D eigenvalue weighted by atomic mass is 16.5. The summed E-state index contributed by atoms with van der Waals surface area (Å²) < 4.78 is 6.89. The monoisotopic (exact) mass is 182 g/mol. The number of ether oxygens (including phenoxy) is 1. The van der Waals surface area contributed by atoms with Crippen LogP contribution in [-0.4, -0.2) is 18.2 Å². The molecule has 4 nitrogen and oxygen atoms in total. The van der Waals surface area contributed by atoms with Gasteiger partial charge in [0.1, 0.15) is 0 Å². The van der Waals surface area contributed by atoms with Gasteiger partial charge in [0, 0.05) is 25.4 Å². The van der Waals surface area contributed by atoms with E-state index < -0.39 is 0 Å². The Morgan fingerprint density at radius 1 is 1.62 bits per heavy atom. The maximum Gasteiger partial charge on any atom is 0.223 e. The Balaban J connectivity index is 3.19. The van der Waals surface area contributed by atoms with Gasteiger partial charge in [-0.1, -0.05) is 0 Å². The van der Waals surface area contributed by atoms with Crippen LogP contribution >= 0.6 is 0 Å². The lowest BCUT2D eigenvalue weighted by molar-refractivity contribution is 0.400. The van der Waals surface area contributed by atoms with Crippen molar-refractivity contribution in [3.05, 3.63) is 28.2 Å². The van der Waals surface area contributed by atoms with Crippen LogP contribution in [0.3, 0.4) is 0 Å². The fourth-order valence-electron chi connectivity index (χ4n) is 1.28. The molecule has 72 valence electrons. The second-order valence-corrected chi connectivity index (χ2v) is 2.78. The third kappa shape index (κ3) is 1.89. The SMILES string of the molecule is COc1c(C)n(CCN)ccc1=O. The second-order valence-electron chi connectivity index (χ2n) is 2.78. The van der Waals surface area contributed by atoms with E-state index in [4.69, 9.17) is 10.5 Å². The highest BCUT2D eigenvalue weighted by molar-refractivity contribution is 5.26. The van der Waals surface area contributed by atoms with E-state index in [0.717, 1.165) is 5.69 Å². The lowest BCUT2D eigenvalue weighted by Crippen LogP contribution is -2.17. The van der Waals surface area contributed by atoms with E-state index in [1.165, 1.54) is 13.2 Å². The van der Waals surface area contributed by atoms with Crippen molar-refractivity contribution in [1.29, 1.82) is 0 Å². The number of hydrogen-bond acceptors (Lipinski definition) is 3. The van der Waals surface area contributed by atoms with Crippen LogP contribution in [0.5, 0.6) is 5.75 Å². The molecule has 0 amide bonds. The quantitative estimate of drug-likeness (QED) is 0.722. The number of nitrogens with two attached hydrogens (primary N) is 1. The molecule has 1 rings (SSSR count). The van der Waals surface area contributed by atoms with Crippen LogP contribution in [0.25, 0.3) is 0 Å². The molecule has 0 saturated heterocycles. The molecule has 13 heavy (non-hydrogen) atoms. The van der Waals surface area contributed by atoms with Gasteiger partial charge in [0.05, 0.1) is 12.8 Å². The summed E-state index contributed by atoms with van der Waals surface area (Å²) in [6.45, 7) is 3.09. The van der Waals surface area contributed by atoms with Crippen LogP contribution in [0.1, 0.15) is 5.69 Å². The average molecular weight is 182 g/mol. The minimum Gasteiger partial charge on any atom is -0.491 e. The molecule has 0 aromatic carbocycles. The molecule has 0 saturated carbocycles. The van der Waals surface area contributed by atoms with Gasteiger partial charge in [-0.25, -0.2) is 0 Å². The maximum absolute atomic E-state index is 11.3.